The van der Waals surface area contributed by atoms with Gasteiger partial charge in [0.25, 0.3) is 0 Å². The van der Waals surface area contributed by atoms with E-state index in [1.807, 2.05) is 41.8 Å². The standard InChI is InChI=1S/C16H14FN3S/c1-12-18-19-16(20(12)15-5-3-2-4-6-15)21-11-13-7-9-14(17)10-8-13/h2-10H,11H2,1H3. The lowest BCUT2D eigenvalue weighted by Gasteiger charge is -2.08. The third-order valence-electron chi connectivity index (χ3n) is 3.09. The highest BCUT2D eigenvalue weighted by Gasteiger charge is 2.11. The number of hydrogen-bond acceptors (Lipinski definition) is 3. The molecule has 0 aliphatic rings. The number of aromatic nitrogens is 3. The number of rotatable bonds is 4. The molecule has 0 fully saturated rings. The normalized spacial score (nSPS) is 10.8. The van der Waals surface area contributed by atoms with Gasteiger partial charge >= 0.3 is 0 Å². The van der Waals surface area contributed by atoms with E-state index in [1.54, 1.807) is 23.9 Å². The zero-order valence-corrected chi connectivity index (χ0v) is 12.3. The molecular formula is C16H14FN3S. The van der Waals surface area contributed by atoms with Gasteiger partial charge in [-0.3, -0.25) is 4.57 Å². The summed E-state index contributed by atoms with van der Waals surface area (Å²) in [6.45, 7) is 1.93. The Morgan fingerprint density at radius 3 is 2.43 bits per heavy atom. The summed E-state index contributed by atoms with van der Waals surface area (Å²) in [5.74, 6) is 1.36. The number of benzene rings is 2. The Morgan fingerprint density at radius 2 is 1.71 bits per heavy atom. The van der Waals surface area contributed by atoms with Gasteiger partial charge in [0.1, 0.15) is 11.6 Å². The topological polar surface area (TPSA) is 30.7 Å². The van der Waals surface area contributed by atoms with Crippen molar-refractivity contribution in [2.75, 3.05) is 0 Å². The van der Waals surface area contributed by atoms with Gasteiger partial charge in [-0.15, -0.1) is 10.2 Å². The summed E-state index contributed by atoms with van der Waals surface area (Å²) >= 11 is 1.59. The number of thioether (sulfide) groups is 1. The lowest BCUT2D eigenvalue weighted by molar-refractivity contribution is 0.627. The summed E-state index contributed by atoms with van der Waals surface area (Å²) in [5.41, 5.74) is 2.10. The molecule has 3 rings (SSSR count). The van der Waals surface area contributed by atoms with Crippen LogP contribution in [0.5, 0.6) is 0 Å². The Labute approximate surface area is 126 Å². The molecule has 3 aromatic rings. The molecule has 0 saturated heterocycles. The van der Waals surface area contributed by atoms with Crippen molar-refractivity contribution in [3.63, 3.8) is 0 Å². The molecule has 0 spiro atoms. The van der Waals surface area contributed by atoms with E-state index in [0.717, 1.165) is 28.0 Å². The molecule has 1 aromatic heterocycles. The van der Waals surface area contributed by atoms with E-state index in [-0.39, 0.29) is 5.82 Å². The maximum absolute atomic E-state index is 12.9. The highest BCUT2D eigenvalue weighted by molar-refractivity contribution is 7.98. The van der Waals surface area contributed by atoms with Crippen LogP contribution in [0, 0.1) is 12.7 Å². The highest BCUT2D eigenvalue weighted by Crippen LogP contribution is 2.24. The van der Waals surface area contributed by atoms with Crippen LogP contribution in [0.3, 0.4) is 0 Å². The first kappa shape index (κ1) is 13.8. The third kappa shape index (κ3) is 3.13. The minimum atomic E-state index is -0.216. The van der Waals surface area contributed by atoms with Crippen molar-refractivity contribution in [1.82, 2.24) is 14.8 Å². The predicted molar refractivity (Wildman–Crippen MR) is 82.1 cm³/mol. The Hall–Kier alpha value is -2.14. The quantitative estimate of drug-likeness (QED) is 0.682. The maximum atomic E-state index is 12.9. The number of nitrogens with zero attached hydrogens (tertiary/aromatic N) is 3. The molecule has 0 N–H and O–H groups in total. The molecule has 0 unspecified atom stereocenters. The van der Waals surface area contributed by atoms with Gasteiger partial charge in [0.2, 0.25) is 0 Å². The Kier molecular flexibility index (Phi) is 4.01. The largest absolute Gasteiger partial charge is 0.274 e. The molecule has 0 aliphatic carbocycles. The van der Waals surface area contributed by atoms with Crippen molar-refractivity contribution in [2.24, 2.45) is 0 Å². The van der Waals surface area contributed by atoms with Gasteiger partial charge in [0, 0.05) is 11.4 Å². The van der Waals surface area contributed by atoms with Gasteiger partial charge in [-0.25, -0.2) is 4.39 Å². The van der Waals surface area contributed by atoms with E-state index in [9.17, 15) is 4.39 Å². The van der Waals surface area contributed by atoms with E-state index in [2.05, 4.69) is 10.2 Å². The minimum absolute atomic E-state index is 0.216. The van der Waals surface area contributed by atoms with Gasteiger partial charge < -0.3 is 0 Å². The van der Waals surface area contributed by atoms with E-state index in [4.69, 9.17) is 0 Å². The van der Waals surface area contributed by atoms with Crippen LogP contribution in [0.1, 0.15) is 11.4 Å². The molecule has 21 heavy (non-hydrogen) atoms. The average molecular weight is 299 g/mol. The van der Waals surface area contributed by atoms with Gasteiger partial charge in [-0.05, 0) is 36.8 Å². The molecule has 0 amide bonds. The smallest absolute Gasteiger partial charge is 0.196 e. The fourth-order valence-corrected chi connectivity index (χ4v) is 2.99. The third-order valence-corrected chi connectivity index (χ3v) is 4.09. The van der Waals surface area contributed by atoms with Crippen LogP contribution >= 0.6 is 11.8 Å². The summed E-state index contributed by atoms with van der Waals surface area (Å²) in [6.07, 6.45) is 0. The van der Waals surface area contributed by atoms with Gasteiger partial charge in [0.05, 0.1) is 0 Å². The Morgan fingerprint density at radius 1 is 1.00 bits per heavy atom. The van der Waals surface area contributed by atoms with Crippen molar-refractivity contribution < 1.29 is 4.39 Å². The number of halogens is 1. The summed E-state index contributed by atoms with van der Waals surface area (Å²) in [4.78, 5) is 0. The minimum Gasteiger partial charge on any atom is -0.274 e. The molecule has 0 saturated carbocycles. The predicted octanol–water partition coefficient (Wildman–Crippen LogP) is 4.01. The monoisotopic (exact) mass is 299 g/mol. The molecule has 0 aliphatic heterocycles. The van der Waals surface area contributed by atoms with Gasteiger partial charge in [-0.1, -0.05) is 42.1 Å². The second-order valence-corrected chi connectivity index (χ2v) is 5.56. The first-order valence-corrected chi connectivity index (χ1v) is 7.57. The molecular weight excluding hydrogens is 285 g/mol. The van der Waals surface area contributed by atoms with E-state index >= 15 is 0 Å². The van der Waals surface area contributed by atoms with Crippen molar-refractivity contribution in [1.29, 1.82) is 0 Å². The van der Waals surface area contributed by atoms with Gasteiger partial charge in [0.15, 0.2) is 5.16 Å². The molecule has 0 atom stereocenters. The fourth-order valence-electron chi connectivity index (χ4n) is 2.04. The molecule has 3 nitrogen and oxygen atoms in total. The highest BCUT2D eigenvalue weighted by atomic mass is 32.2. The maximum Gasteiger partial charge on any atom is 0.196 e. The number of aryl methyl sites for hydroxylation is 1. The van der Waals surface area contributed by atoms with Crippen LogP contribution < -0.4 is 0 Å². The molecule has 106 valence electrons. The van der Waals surface area contributed by atoms with Crippen LogP contribution in [0.2, 0.25) is 0 Å². The van der Waals surface area contributed by atoms with Crippen LogP contribution in [-0.2, 0) is 5.75 Å². The summed E-state index contributed by atoms with van der Waals surface area (Å²) < 4.78 is 14.9. The SMILES string of the molecule is Cc1nnc(SCc2ccc(F)cc2)n1-c1ccccc1. The summed E-state index contributed by atoms with van der Waals surface area (Å²) in [7, 11) is 0. The van der Waals surface area contributed by atoms with Crippen LogP contribution in [0.4, 0.5) is 4.39 Å². The van der Waals surface area contributed by atoms with E-state index < -0.39 is 0 Å². The van der Waals surface area contributed by atoms with Crippen molar-refractivity contribution >= 4 is 11.8 Å². The van der Waals surface area contributed by atoms with Gasteiger partial charge in [-0.2, -0.15) is 0 Å². The first-order chi connectivity index (χ1) is 10.2. The first-order valence-electron chi connectivity index (χ1n) is 6.59. The fraction of sp³-hybridized carbons (Fsp3) is 0.125. The molecule has 2 aromatic carbocycles. The van der Waals surface area contributed by atoms with Crippen LogP contribution in [0.25, 0.3) is 5.69 Å². The molecule has 0 bridgehead atoms. The van der Waals surface area contributed by atoms with E-state index in [0.29, 0.717) is 0 Å². The molecule has 1 heterocycles. The van der Waals surface area contributed by atoms with E-state index in [1.165, 1.54) is 12.1 Å². The van der Waals surface area contributed by atoms with Crippen molar-refractivity contribution in [3.05, 3.63) is 71.8 Å². The van der Waals surface area contributed by atoms with Crippen molar-refractivity contribution in [3.8, 4) is 5.69 Å². The van der Waals surface area contributed by atoms with Crippen molar-refractivity contribution in [2.45, 2.75) is 17.8 Å². The molecule has 0 radical (unpaired) electrons. The number of para-hydroxylation sites is 1. The average Bonchev–Trinajstić information content (AvgIpc) is 2.88. The second-order valence-electron chi connectivity index (χ2n) is 4.62. The molecule has 5 heteroatoms. The second kappa shape index (κ2) is 6.10. The summed E-state index contributed by atoms with van der Waals surface area (Å²) in [5, 5.41) is 9.21. The summed E-state index contributed by atoms with van der Waals surface area (Å²) in [6, 6.07) is 16.5. The zero-order chi connectivity index (χ0) is 14.7. The van der Waals surface area contributed by atoms with Crippen LogP contribution in [-0.4, -0.2) is 14.8 Å². The number of hydrogen-bond donors (Lipinski definition) is 0. The zero-order valence-electron chi connectivity index (χ0n) is 11.5. The lowest BCUT2D eigenvalue weighted by atomic mass is 10.2. The Balaban J connectivity index is 1.82. The van der Waals surface area contributed by atoms with Crippen LogP contribution in [0.15, 0.2) is 59.8 Å². The Bertz CT molecular complexity index is 723. The lowest BCUT2D eigenvalue weighted by Crippen LogP contribution is -1.98.